The maximum absolute atomic E-state index is 13.0. The largest absolute Gasteiger partial charge is 0.344 e. The number of likely N-dealkylation sites (N-methyl/N-ethyl adjacent to an activating group) is 1. The molecule has 6 heteroatoms. The van der Waals surface area contributed by atoms with Crippen molar-refractivity contribution in [2.24, 2.45) is 0 Å². The average Bonchev–Trinajstić information content (AvgIpc) is 2.76. The van der Waals surface area contributed by atoms with Crippen molar-refractivity contribution in [3.05, 3.63) is 102 Å². The maximum Gasteiger partial charge on any atom is 0.279 e. The highest BCUT2D eigenvalue weighted by molar-refractivity contribution is 5.91. The fourth-order valence-electron chi connectivity index (χ4n) is 3.38. The minimum atomic E-state index is -0.360. The number of hydrogen-bond donors (Lipinski definition) is 3. The number of nitrogens with one attached hydrogen (secondary N) is 3. The summed E-state index contributed by atoms with van der Waals surface area (Å²) >= 11 is 0. The van der Waals surface area contributed by atoms with Gasteiger partial charge in [0.25, 0.3) is 11.8 Å². The fraction of sp³-hybridized carbons (Fsp3) is 0.200. The smallest absolute Gasteiger partial charge is 0.279 e. The van der Waals surface area contributed by atoms with E-state index in [9.17, 15) is 14.0 Å². The van der Waals surface area contributed by atoms with Crippen LogP contribution in [-0.4, -0.2) is 32.0 Å². The summed E-state index contributed by atoms with van der Waals surface area (Å²) in [6.45, 7) is 0.286. The van der Waals surface area contributed by atoms with Gasteiger partial charge in [-0.25, -0.2) is 4.39 Å². The van der Waals surface area contributed by atoms with Crippen molar-refractivity contribution >= 4 is 17.5 Å². The van der Waals surface area contributed by atoms with Gasteiger partial charge in [-0.05, 0) is 41.8 Å². The van der Waals surface area contributed by atoms with Gasteiger partial charge in [-0.15, -0.1) is 0 Å². The van der Waals surface area contributed by atoms with E-state index in [4.69, 9.17) is 0 Å². The van der Waals surface area contributed by atoms with Crippen molar-refractivity contribution in [1.29, 1.82) is 0 Å². The van der Waals surface area contributed by atoms with Gasteiger partial charge in [-0.3, -0.25) is 9.59 Å². The van der Waals surface area contributed by atoms with Gasteiger partial charge >= 0.3 is 0 Å². The minimum Gasteiger partial charge on any atom is -0.344 e. The molecule has 3 aromatic carbocycles. The van der Waals surface area contributed by atoms with Gasteiger partial charge in [-0.1, -0.05) is 60.7 Å². The Hall–Kier alpha value is -3.51. The first kappa shape index (κ1) is 22.2. The fourth-order valence-corrected chi connectivity index (χ4v) is 3.38. The number of carbonyl (C=O) groups is 2. The second kappa shape index (κ2) is 11.0. The molecule has 0 aliphatic carbocycles. The number of benzene rings is 3. The van der Waals surface area contributed by atoms with Gasteiger partial charge in [0, 0.05) is 5.69 Å². The molecule has 0 saturated carbocycles. The van der Waals surface area contributed by atoms with Crippen molar-refractivity contribution in [2.45, 2.75) is 12.5 Å². The average molecular weight is 421 g/mol. The van der Waals surface area contributed by atoms with E-state index in [1.807, 2.05) is 60.7 Å². The molecule has 2 amide bonds. The summed E-state index contributed by atoms with van der Waals surface area (Å²) in [7, 11) is 1.79. The van der Waals surface area contributed by atoms with Gasteiger partial charge in [-0.2, -0.15) is 0 Å². The Labute approximate surface area is 181 Å². The van der Waals surface area contributed by atoms with Gasteiger partial charge in [0.1, 0.15) is 5.82 Å². The summed E-state index contributed by atoms with van der Waals surface area (Å²) < 4.78 is 13.0. The molecule has 0 heterocycles. The van der Waals surface area contributed by atoms with Gasteiger partial charge in [0.2, 0.25) is 0 Å². The van der Waals surface area contributed by atoms with E-state index < -0.39 is 0 Å². The zero-order chi connectivity index (χ0) is 22.1. The summed E-state index contributed by atoms with van der Waals surface area (Å²) in [6, 6.07) is 25.3. The van der Waals surface area contributed by atoms with Crippen LogP contribution in [0.15, 0.2) is 84.9 Å². The molecule has 3 N–H and O–H groups in total. The van der Waals surface area contributed by atoms with Crippen LogP contribution in [0.4, 0.5) is 10.1 Å². The summed E-state index contributed by atoms with van der Waals surface area (Å²) in [5.41, 5.74) is 2.69. The van der Waals surface area contributed by atoms with Crippen LogP contribution in [0.2, 0.25) is 0 Å². The second-order valence-corrected chi connectivity index (χ2v) is 7.59. The molecular formula is C25H27FN3O2+. The van der Waals surface area contributed by atoms with E-state index in [-0.39, 0.29) is 36.8 Å². The molecule has 3 aromatic rings. The quantitative estimate of drug-likeness (QED) is 0.498. The van der Waals surface area contributed by atoms with Crippen LogP contribution in [0.25, 0.3) is 0 Å². The van der Waals surface area contributed by atoms with Crippen molar-refractivity contribution in [1.82, 2.24) is 5.32 Å². The first-order valence-corrected chi connectivity index (χ1v) is 10.2. The van der Waals surface area contributed by atoms with E-state index in [1.54, 1.807) is 7.05 Å². The molecule has 0 aromatic heterocycles. The lowest BCUT2D eigenvalue weighted by atomic mass is 9.99. The van der Waals surface area contributed by atoms with Crippen molar-refractivity contribution in [3.8, 4) is 0 Å². The van der Waals surface area contributed by atoms with E-state index in [2.05, 4.69) is 10.6 Å². The standard InChI is InChI=1S/C25H26FN3O2/c1-29(17-24(30)27-22-14-12-21(26)13-15-22)18-25(31)28-23(20-10-6-3-7-11-20)16-19-8-4-2-5-9-19/h2-15,23H,16-18H2,1H3,(H,27,30)(H,28,31)/p+1/t23-/m0/s1. The number of carbonyl (C=O) groups excluding carboxylic acids is 2. The monoisotopic (exact) mass is 420 g/mol. The molecule has 5 nitrogen and oxygen atoms in total. The van der Waals surface area contributed by atoms with Crippen LogP contribution >= 0.6 is 0 Å². The van der Waals surface area contributed by atoms with Crippen LogP contribution in [0.5, 0.6) is 0 Å². The zero-order valence-electron chi connectivity index (χ0n) is 17.5. The van der Waals surface area contributed by atoms with Gasteiger partial charge in [0.05, 0.1) is 13.1 Å². The number of amides is 2. The molecule has 0 aliphatic heterocycles. The Bertz CT molecular complexity index is 979. The van der Waals surface area contributed by atoms with Crippen LogP contribution in [0.1, 0.15) is 17.2 Å². The van der Waals surface area contributed by atoms with Crippen LogP contribution < -0.4 is 15.5 Å². The van der Waals surface area contributed by atoms with Crippen LogP contribution in [0.3, 0.4) is 0 Å². The van der Waals surface area contributed by atoms with Crippen molar-refractivity contribution in [2.75, 3.05) is 25.5 Å². The second-order valence-electron chi connectivity index (χ2n) is 7.59. The zero-order valence-corrected chi connectivity index (χ0v) is 17.5. The first-order valence-electron chi connectivity index (χ1n) is 10.2. The molecule has 0 spiro atoms. The number of quaternary nitrogens is 1. The molecule has 1 unspecified atom stereocenters. The van der Waals surface area contributed by atoms with E-state index >= 15 is 0 Å². The molecule has 0 radical (unpaired) electrons. The number of anilines is 1. The number of hydrogen-bond acceptors (Lipinski definition) is 2. The summed E-state index contributed by atoms with van der Waals surface area (Å²) in [4.78, 5) is 25.7. The van der Waals surface area contributed by atoms with E-state index in [0.29, 0.717) is 12.1 Å². The summed E-state index contributed by atoms with van der Waals surface area (Å²) in [5, 5.41) is 5.82. The third kappa shape index (κ3) is 7.35. The molecule has 0 bridgehead atoms. The molecule has 31 heavy (non-hydrogen) atoms. The number of rotatable bonds is 9. The molecule has 0 saturated heterocycles. The predicted octanol–water partition coefficient (Wildman–Crippen LogP) is 2.38. The Morgan fingerprint density at radius 3 is 2.06 bits per heavy atom. The Morgan fingerprint density at radius 1 is 0.839 bits per heavy atom. The molecule has 0 aliphatic rings. The highest BCUT2D eigenvalue weighted by Gasteiger charge is 2.19. The van der Waals surface area contributed by atoms with Crippen molar-refractivity contribution < 1.29 is 18.9 Å². The lowest BCUT2D eigenvalue weighted by Gasteiger charge is -2.21. The number of halogens is 1. The molecule has 2 atom stereocenters. The highest BCUT2D eigenvalue weighted by atomic mass is 19.1. The highest BCUT2D eigenvalue weighted by Crippen LogP contribution is 2.18. The molecule has 0 fully saturated rings. The third-order valence-electron chi connectivity index (χ3n) is 4.87. The topological polar surface area (TPSA) is 62.6 Å². The van der Waals surface area contributed by atoms with E-state index in [1.165, 1.54) is 24.3 Å². The molecular weight excluding hydrogens is 393 g/mol. The lowest BCUT2D eigenvalue weighted by Crippen LogP contribution is -3.11. The first-order chi connectivity index (χ1) is 15.0. The Kier molecular flexibility index (Phi) is 7.90. The summed E-state index contributed by atoms with van der Waals surface area (Å²) in [5.74, 6) is -0.724. The van der Waals surface area contributed by atoms with Crippen LogP contribution in [0, 0.1) is 5.82 Å². The summed E-state index contributed by atoms with van der Waals surface area (Å²) in [6.07, 6.45) is 0.681. The maximum atomic E-state index is 13.0. The molecule has 160 valence electrons. The van der Waals surface area contributed by atoms with Gasteiger partial charge in [0.15, 0.2) is 13.1 Å². The SMILES string of the molecule is C[NH+](CC(=O)Nc1ccc(F)cc1)CC(=O)N[C@@H](Cc1ccccc1)c1ccccc1. The lowest BCUT2D eigenvalue weighted by molar-refractivity contribution is -0.862. The Balaban J connectivity index is 1.55. The van der Waals surface area contributed by atoms with Gasteiger partial charge < -0.3 is 15.5 Å². The van der Waals surface area contributed by atoms with Crippen LogP contribution in [-0.2, 0) is 16.0 Å². The minimum absolute atomic E-state index is 0.124. The molecule has 3 rings (SSSR count). The Morgan fingerprint density at radius 2 is 1.42 bits per heavy atom. The van der Waals surface area contributed by atoms with Crippen molar-refractivity contribution in [3.63, 3.8) is 0 Å². The normalized spacial score (nSPS) is 12.6. The van der Waals surface area contributed by atoms with E-state index in [0.717, 1.165) is 16.0 Å². The third-order valence-corrected chi connectivity index (χ3v) is 4.87. The predicted molar refractivity (Wildman–Crippen MR) is 119 cm³/mol.